The molecule has 1 aromatic carbocycles. The van der Waals surface area contributed by atoms with E-state index in [0.29, 0.717) is 0 Å². The molecule has 1 aromatic heterocycles. The SMILES string of the molecule is C=CC(C)(C)SC(=O)c1c(F)ncn1[C@H](C)c1ccccc1. The summed E-state index contributed by atoms with van der Waals surface area (Å²) >= 11 is 1.04. The van der Waals surface area contributed by atoms with Gasteiger partial charge in [0.05, 0.1) is 12.4 Å². The molecule has 0 aliphatic rings. The van der Waals surface area contributed by atoms with Gasteiger partial charge in [0.1, 0.15) is 0 Å². The minimum Gasteiger partial charge on any atom is -0.318 e. The molecular formula is C17H19FN2OS. The Balaban J connectivity index is 2.36. The molecule has 0 spiro atoms. The summed E-state index contributed by atoms with van der Waals surface area (Å²) in [6.45, 7) is 9.34. The monoisotopic (exact) mass is 318 g/mol. The van der Waals surface area contributed by atoms with Crippen LogP contribution in [0.3, 0.4) is 0 Å². The maximum atomic E-state index is 14.0. The number of rotatable bonds is 5. The minimum atomic E-state index is -0.736. The number of hydrogen-bond acceptors (Lipinski definition) is 3. The number of hydrogen-bond donors (Lipinski definition) is 0. The fraction of sp³-hybridized carbons (Fsp3) is 0.294. The summed E-state index contributed by atoms with van der Waals surface area (Å²) in [6, 6.07) is 9.45. The number of thioether (sulfide) groups is 1. The van der Waals surface area contributed by atoms with Gasteiger partial charge in [0, 0.05) is 4.75 Å². The van der Waals surface area contributed by atoms with E-state index in [-0.39, 0.29) is 16.9 Å². The zero-order valence-electron chi connectivity index (χ0n) is 12.9. The summed E-state index contributed by atoms with van der Waals surface area (Å²) < 4.78 is 15.1. The first kappa shape index (κ1) is 16.5. The fourth-order valence-electron chi connectivity index (χ4n) is 2.04. The third kappa shape index (κ3) is 3.47. The zero-order valence-corrected chi connectivity index (χ0v) is 13.7. The van der Waals surface area contributed by atoms with E-state index in [4.69, 9.17) is 0 Å². The smallest absolute Gasteiger partial charge is 0.242 e. The highest BCUT2D eigenvalue weighted by molar-refractivity contribution is 8.15. The lowest BCUT2D eigenvalue weighted by molar-refractivity contribution is 0.107. The van der Waals surface area contributed by atoms with Crippen LogP contribution in [0.2, 0.25) is 0 Å². The standard InChI is InChI=1S/C17H19FN2OS/c1-5-17(3,4)22-16(21)14-15(18)19-11-20(14)12(2)13-9-7-6-8-10-13/h5-12H,1H2,2-4H3/t12-/m1/s1. The number of nitrogens with zero attached hydrogens (tertiary/aromatic N) is 2. The molecule has 0 fully saturated rings. The predicted molar refractivity (Wildman–Crippen MR) is 88.6 cm³/mol. The first-order valence-corrected chi connectivity index (χ1v) is 7.81. The lowest BCUT2D eigenvalue weighted by atomic mass is 10.1. The highest BCUT2D eigenvalue weighted by atomic mass is 32.2. The van der Waals surface area contributed by atoms with Crippen molar-refractivity contribution in [3.05, 3.63) is 66.5 Å². The summed E-state index contributed by atoms with van der Waals surface area (Å²) in [5, 5.41) is -0.345. The minimum absolute atomic E-state index is 0.00345. The Kier molecular flexibility index (Phi) is 4.86. The Hall–Kier alpha value is -1.88. The van der Waals surface area contributed by atoms with Crippen LogP contribution in [-0.2, 0) is 0 Å². The summed E-state index contributed by atoms with van der Waals surface area (Å²) in [5.41, 5.74) is 0.984. The van der Waals surface area contributed by atoms with E-state index in [1.54, 1.807) is 10.6 Å². The lowest BCUT2D eigenvalue weighted by Crippen LogP contribution is -2.18. The molecule has 0 saturated heterocycles. The van der Waals surface area contributed by atoms with Gasteiger partial charge in [-0.25, -0.2) is 4.98 Å². The molecule has 0 bridgehead atoms. The van der Waals surface area contributed by atoms with Crippen molar-refractivity contribution >= 4 is 16.9 Å². The Bertz CT molecular complexity index is 679. The van der Waals surface area contributed by atoms with E-state index in [9.17, 15) is 9.18 Å². The molecule has 116 valence electrons. The third-order valence-electron chi connectivity index (χ3n) is 3.49. The summed E-state index contributed by atoms with van der Waals surface area (Å²) in [6.07, 6.45) is 3.05. The van der Waals surface area contributed by atoms with Crippen molar-refractivity contribution in [2.24, 2.45) is 0 Å². The van der Waals surface area contributed by atoms with Crippen molar-refractivity contribution < 1.29 is 9.18 Å². The van der Waals surface area contributed by atoms with Gasteiger partial charge in [0.15, 0.2) is 5.69 Å². The number of aromatic nitrogens is 2. The second-order valence-electron chi connectivity index (χ2n) is 5.58. The predicted octanol–water partition coefficient (Wildman–Crippen LogP) is 4.47. The Morgan fingerprint density at radius 3 is 2.64 bits per heavy atom. The average molecular weight is 318 g/mol. The first-order valence-electron chi connectivity index (χ1n) is 7.00. The van der Waals surface area contributed by atoms with Crippen LogP contribution >= 0.6 is 11.8 Å². The number of carbonyl (C=O) groups is 1. The van der Waals surface area contributed by atoms with E-state index >= 15 is 0 Å². The van der Waals surface area contributed by atoms with Gasteiger partial charge in [-0.1, -0.05) is 48.2 Å². The molecule has 3 nitrogen and oxygen atoms in total. The third-order valence-corrected chi connectivity index (χ3v) is 4.56. The van der Waals surface area contributed by atoms with Crippen molar-refractivity contribution in [3.8, 4) is 0 Å². The van der Waals surface area contributed by atoms with Gasteiger partial charge < -0.3 is 4.57 Å². The number of carbonyl (C=O) groups excluding carboxylic acids is 1. The van der Waals surface area contributed by atoms with Crippen molar-refractivity contribution in [2.45, 2.75) is 31.6 Å². The molecule has 0 radical (unpaired) electrons. The summed E-state index contributed by atoms with van der Waals surface area (Å²) in [4.78, 5) is 16.1. The van der Waals surface area contributed by atoms with Crippen LogP contribution in [0, 0.1) is 5.95 Å². The van der Waals surface area contributed by atoms with Crippen molar-refractivity contribution in [1.29, 1.82) is 0 Å². The van der Waals surface area contributed by atoms with Gasteiger partial charge in [0.2, 0.25) is 11.1 Å². The lowest BCUT2D eigenvalue weighted by Gasteiger charge is -2.20. The molecule has 1 heterocycles. The average Bonchev–Trinajstić information content (AvgIpc) is 2.89. The van der Waals surface area contributed by atoms with E-state index in [0.717, 1.165) is 17.3 Å². The molecule has 22 heavy (non-hydrogen) atoms. The Morgan fingerprint density at radius 1 is 1.41 bits per heavy atom. The zero-order chi connectivity index (χ0) is 16.3. The number of benzene rings is 1. The molecule has 0 amide bonds. The van der Waals surface area contributed by atoms with Crippen molar-refractivity contribution in [3.63, 3.8) is 0 Å². The van der Waals surface area contributed by atoms with Crippen LogP contribution in [-0.4, -0.2) is 19.4 Å². The van der Waals surface area contributed by atoms with Crippen LogP contribution in [0.25, 0.3) is 0 Å². The van der Waals surface area contributed by atoms with Crippen LogP contribution in [0.1, 0.15) is 42.9 Å². The van der Waals surface area contributed by atoms with E-state index in [1.165, 1.54) is 6.33 Å². The van der Waals surface area contributed by atoms with Crippen LogP contribution in [0.4, 0.5) is 4.39 Å². The molecule has 0 aliphatic heterocycles. The van der Waals surface area contributed by atoms with Crippen molar-refractivity contribution in [2.75, 3.05) is 0 Å². The number of halogens is 1. The molecule has 0 N–H and O–H groups in total. The maximum absolute atomic E-state index is 14.0. The molecule has 0 unspecified atom stereocenters. The van der Waals surface area contributed by atoms with Crippen LogP contribution in [0.5, 0.6) is 0 Å². The Morgan fingerprint density at radius 2 is 2.05 bits per heavy atom. The van der Waals surface area contributed by atoms with Gasteiger partial charge in [-0.3, -0.25) is 4.79 Å². The summed E-state index contributed by atoms with van der Waals surface area (Å²) in [5.74, 6) is -0.736. The maximum Gasteiger partial charge on any atom is 0.242 e. The Labute approximate surface area is 134 Å². The summed E-state index contributed by atoms with van der Waals surface area (Å²) in [7, 11) is 0. The fourth-order valence-corrected chi connectivity index (χ4v) is 2.89. The molecule has 5 heteroatoms. The van der Waals surface area contributed by atoms with E-state index in [1.807, 2.05) is 51.1 Å². The van der Waals surface area contributed by atoms with Gasteiger partial charge in [-0.2, -0.15) is 4.39 Å². The normalized spacial score (nSPS) is 12.9. The van der Waals surface area contributed by atoms with Gasteiger partial charge in [-0.05, 0) is 26.3 Å². The second-order valence-corrected chi connectivity index (χ2v) is 7.20. The van der Waals surface area contributed by atoms with Gasteiger partial charge in [0.25, 0.3) is 0 Å². The topological polar surface area (TPSA) is 34.9 Å². The van der Waals surface area contributed by atoms with Gasteiger partial charge in [-0.15, -0.1) is 6.58 Å². The van der Waals surface area contributed by atoms with E-state index in [2.05, 4.69) is 11.6 Å². The van der Waals surface area contributed by atoms with Crippen LogP contribution in [0.15, 0.2) is 49.3 Å². The van der Waals surface area contributed by atoms with Gasteiger partial charge >= 0.3 is 0 Å². The molecule has 2 rings (SSSR count). The highest BCUT2D eigenvalue weighted by Gasteiger charge is 2.27. The molecule has 0 aliphatic carbocycles. The molecule has 2 aromatic rings. The molecule has 1 atom stereocenters. The molecular weight excluding hydrogens is 299 g/mol. The largest absolute Gasteiger partial charge is 0.318 e. The van der Waals surface area contributed by atoms with E-state index < -0.39 is 10.7 Å². The second kappa shape index (κ2) is 6.48. The van der Waals surface area contributed by atoms with Crippen LogP contribution < -0.4 is 0 Å². The highest BCUT2D eigenvalue weighted by Crippen LogP contribution is 2.31. The quantitative estimate of drug-likeness (QED) is 0.763. The van der Waals surface area contributed by atoms with Crippen molar-refractivity contribution in [1.82, 2.24) is 9.55 Å². The molecule has 0 saturated carbocycles. The number of imidazole rings is 1. The first-order chi connectivity index (χ1) is 10.4.